The van der Waals surface area contributed by atoms with Crippen molar-refractivity contribution in [3.63, 3.8) is 0 Å². The minimum Gasteiger partial charge on any atom is -0.497 e. The second-order valence-corrected chi connectivity index (χ2v) is 5.83. The molecule has 1 aliphatic rings. The van der Waals surface area contributed by atoms with Crippen LogP contribution in [0.25, 0.3) is 0 Å². The first-order valence-electron chi connectivity index (χ1n) is 7.99. The molecule has 3 rings (SSSR count). The lowest BCUT2D eigenvalue weighted by Crippen LogP contribution is -2.28. The van der Waals surface area contributed by atoms with Crippen LogP contribution in [-0.2, 0) is 6.42 Å². The monoisotopic (exact) mass is 310 g/mol. The molecule has 0 saturated heterocycles. The summed E-state index contributed by atoms with van der Waals surface area (Å²) in [5, 5.41) is 6.45. The Bertz CT molecular complexity index is 712. The van der Waals surface area contributed by atoms with Gasteiger partial charge in [-0.1, -0.05) is 18.2 Å². The summed E-state index contributed by atoms with van der Waals surface area (Å²) in [5.41, 5.74) is 4.00. The van der Waals surface area contributed by atoms with Crippen LogP contribution in [0.2, 0.25) is 0 Å². The summed E-state index contributed by atoms with van der Waals surface area (Å²) >= 11 is 0. The van der Waals surface area contributed by atoms with Crippen LogP contribution in [-0.4, -0.2) is 19.6 Å². The zero-order valence-corrected chi connectivity index (χ0v) is 13.6. The molecule has 0 radical (unpaired) electrons. The standard InChI is InChI=1S/C19H22N2O2/c1-13(14-6-3-7-15(12-14)23-2)21-19(22)17-8-4-10-18-16(17)9-5-11-20-18/h3-4,6-8,10,12-13,20H,5,9,11H2,1-2H3,(H,21,22). The largest absolute Gasteiger partial charge is 0.497 e. The quantitative estimate of drug-likeness (QED) is 0.908. The van der Waals surface area contributed by atoms with Gasteiger partial charge in [-0.15, -0.1) is 0 Å². The van der Waals surface area contributed by atoms with E-state index in [1.54, 1.807) is 7.11 Å². The van der Waals surface area contributed by atoms with Gasteiger partial charge < -0.3 is 15.4 Å². The number of ether oxygens (including phenoxy) is 1. The fraction of sp³-hybridized carbons (Fsp3) is 0.316. The second-order valence-electron chi connectivity index (χ2n) is 5.83. The highest BCUT2D eigenvalue weighted by Gasteiger charge is 2.19. The summed E-state index contributed by atoms with van der Waals surface area (Å²) in [4.78, 5) is 12.7. The predicted octanol–water partition coefficient (Wildman–Crippen LogP) is 3.54. The van der Waals surface area contributed by atoms with Gasteiger partial charge in [0.15, 0.2) is 0 Å². The SMILES string of the molecule is COc1cccc(C(C)NC(=O)c2cccc3c2CCCN3)c1. The minimum atomic E-state index is -0.0787. The van der Waals surface area contributed by atoms with Gasteiger partial charge in [-0.2, -0.15) is 0 Å². The summed E-state index contributed by atoms with van der Waals surface area (Å²) < 4.78 is 5.25. The van der Waals surface area contributed by atoms with E-state index in [4.69, 9.17) is 4.74 Å². The first-order chi connectivity index (χ1) is 11.2. The van der Waals surface area contributed by atoms with Crippen molar-refractivity contribution in [3.8, 4) is 5.75 Å². The zero-order valence-electron chi connectivity index (χ0n) is 13.6. The van der Waals surface area contributed by atoms with Gasteiger partial charge in [-0.25, -0.2) is 0 Å². The van der Waals surface area contributed by atoms with Gasteiger partial charge in [0.2, 0.25) is 0 Å². The van der Waals surface area contributed by atoms with Crippen LogP contribution in [0.15, 0.2) is 42.5 Å². The molecule has 1 aliphatic heterocycles. The van der Waals surface area contributed by atoms with Gasteiger partial charge in [0, 0.05) is 17.8 Å². The molecule has 1 unspecified atom stereocenters. The average Bonchev–Trinajstić information content (AvgIpc) is 2.61. The molecule has 4 heteroatoms. The molecule has 23 heavy (non-hydrogen) atoms. The van der Waals surface area contributed by atoms with E-state index in [1.807, 2.05) is 49.4 Å². The summed E-state index contributed by atoms with van der Waals surface area (Å²) in [6, 6.07) is 13.6. The van der Waals surface area contributed by atoms with Gasteiger partial charge >= 0.3 is 0 Å². The predicted molar refractivity (Wildman–Crippen MR) is 92.1 cm³/mol. The molecule has 2 aromatic carbocycles. The second kappa shape index (κ2) is 6.73. The third kappa shape index (κ3) is 3.31. The Morgan fingerprint density at radius 3 is 2.91 bits per heavy atom. The molecule has 1 amide bonds. The maximum Gasteiger partial charge on any atom is 0.252 e. The molecular formula is C19H22N2O2. The lowest BCUT2D eigenvalue weighted by Gasteiger charge is -2.22. The summed E-state index contributed by atoms with van der Waals surface area (Å²) in [7, 11) is 1.64. The first kappa shape index (κ1) is 15.4. The molecular weight excluding hydrogens is 288 g/mol. The molecule has 120 valence electrons. The molecule has 2 aromatic rings. The molecule has 0 aromatic heterocycles. The van der Waals surface area contributed by atoms with Crippen LogP contribution in [0.1, 0.15) is 40.9 Å². The number of anilines is 1. The molecule has 1 atom stereocenters. The van der Waals surface area contributed by atoms with E-state index >= 15 is 0 Å². The van der Waals surface area contributed by atoms with Crippen molar-refractivity contribution in [3.05, 3.63) is 59.2 Å². The van der Waals surface area contributed by atoms with Gasteiger partial charge in [0.25, 0.3) is 5.91 Å². The number of amides is 1. The highest BCUT2D eigenvalue weighted by atomic mass is 16.5. The summed E-state index contributed by atoms with van der Waals surface area (Å²) in [6.07, 6.45) is 2.00. The number of carbonyl (C=O) groups is 1. The Balaban J connectivity index is 1.79. The third-order valence-corrected chi connectivity index (χ3v) is 4.28. The van der Waals surface area contributed by atoms with E-state index in [1.165, 1.54) is 0 Å². The number of hydrogen-bond acceptors (Lipinski definition) is 3. The lowest BCUT2D eigenvalue weighted by molar-refractivity contribution is 0.0939. The van der Waals surface area contributed by atoms with Crippen LogP contribution in [0.5, 0.6) is 5.75 Å². The summed E-state index contributed by atoms with van der Waals surface area (Å²) in [6.45, 7) is 2.96. The average molecular weight is 310 g/mol. The van der Waals surface area contributed by atoms with Crippen molar-refractivity contribution < 1.29 is 9.53 Å². The Hall–Kier alpha value is -2.49. The van der Waals surface area contributed by atoms with E-state index < -0.39 is 0 Å². The number of nitrogens with one attached hydrogen (secondary N) is 2. The van der Waals surface area contributed by atoms with E-state index in [9.17, 15) is 4.79 Å². The lowest BCUT2D eigenvalue weighted by atomic mass is 9.96. The van der Waals surface area contributed by atoms with Crippen molar-refractivity contribution in [1.82, 2.24) is 5.32 Å². The van der Waals surface area contributed by atoms with Crippen molar-refractivity contribution in [2.45, 2.75) is 25.8 Å². The van der Waals surface area contributed by atoms with Crippen molar-refractivity contribution >= 4 is 11.6 Å². The van der Waals surface area contributed by atoms with Crippen LogP contribution in [0.4, 0.5) is 5.69 Å². The van der Waals surface area contributed by atoms with E-state index in [2.05, 4.69) is 10.6 Å². The molecule has 0 spiro atoms. The van der Waals surface area contributed by atoms with E-state index in [0.717, 1.165) is 47.5 Å². The van der Waals surface area contributed by atoms with E-state index in [0.29, 0.717) is 0 Å². The molecule has 4 nitrogen and oxygen atoms in total. The minimum absolute atomic E-state index is 0.0270. The molecule has 0 fully saturated rings. The molecule has 1 heterocycles. The maximum absolute atomic E-state index is 12.7. The van der Waals surface area contributed by atoms with Crippen LogP contribution in [0, 0.1) is 0 Å². The first-order valence-corrected chi connectivity index (χ1v) is 7.99. The van der Waals surface area contributed by atoms with Crippen LogP contribution < -0.4 is 15.4 Å². The van der Waals surface area contributed by atoms with Gasteiger partial charge in [0.05, 0.1) is 13.2 Å². The highest BCUT2D eigenvalue weighted by molar-refractivity contribution is 5.97. The van der Waals surface area contributed by atoms with Gasteiger partial charge in [-0.05, 0) is 55.2 Å². The Morgan fingerprint density at radius 1 is 1.26 bits per heavy atom. The number of carbonyl (C=O) groups excluding carboxylic acids is 1. The Labute approximate surface area is 136 Å². The maximum atomic E-state index is 12.7. The molecule has 2 N–H and O–H groups in total. The van der Waals surface area contributed by atoms with Crippen LogP contribution >= 0.6 is 0 Å². The number of hydrogen-bond donors (Lipinski definition) is 2. The fourth-order valence-electron chi connectivity index (χ4n) is 2.99. The van der Waals surface area contributed by atoms with Crippen molar-refractivity contribution in [2.75, 3.05) is 19.0 Å². The van der Waals surface area contributed by atoms with Crippen molar-refractivity contribution in [1.29, 1.82) is 0 Å². The number of benzene rings is 2. The number of methoxy groups -OCH3 is 1. The smallest absolute Gasteiger partial charge is 0.252 e. The number of fused-ring (bicyclic) bond motifs is 1. The molecule has 0 saturated carbocycles. The van der Waals surface area contributed by atoms with E-state index in [-0.39, 0.29) is 11.9 Å². The highest BCUT2D eigenvalue weighted by Crippen LogP contribution is 2.26. The topological polar surface area (TPSA) is 50.4 Å². The molecule has 0 bridgehead atoms. The Morgan fingerprint density at radius 2 is 2.09 bits per heavy atom. The van der Waals surface area contributed by atoms with Crippen molar-refractivity contribution in [2.24, 2.45) is 0 Å². The van der Waals surface area contributed by atoms with Gasteiger partial charge in [-0.3, -0.25) is 4.79 Å². The fourth-order valence-corrected chi connectivity index (χ4v) is 2.99. The normalized spacial score (nSPS) is 14.3. The number of rotatable bonds is 4. The molecule has 0 aliphatic carbocycles. The summed E-state index contributed by atoms with van der Waals surface area (Å²) in [5.74, 6) is 0.769. The van der Waals surface area contributed by atoms with Gasteiger partial charge in [0.1, 0.15) is 5.75 Å². The zero-order chi connectivity index (χ0) is 16.2. The van der Waals surface area contributed by atoms with Crippen LogP contribution in [0.3, 0.4) is 0 Å². The third-order valence-electron chi connectivity index (χ3n) is 4.28. The Kier molecular flexibility index (Phi) is 4.51.